The highest BCUT2D eigenvalue weighted by Gasteiger charge is 2.44. The van der Waals surface area contributed by atoms with Crippen molar-refractivity contribution in [3.63, 3.8) is 0 Å². The first-order chi connectivity index (χ1) is 22.0. The monoisotopic (exact) mass is 640 g/mol. The van der Waals surface area contributed by atoms with E-state index >= 15 is 0 Å². The molecule has 2 atom stereocenters. The Hall–Kier alpha value is -5.09. The van der Waals surface area contributed by atoms with Crippen LogP contribution in [-0.2, 0) is 21.0 Å². The fraction of sp³-hybridized carbons (Fsp3) is 0.139. The molecule has 10 heteroatoms. The number of sulfonamides is 1. The first-order valence-electron chi connectivity index (χ1n) is 14.5. The fourth-order valence-corrected chi connectivity index (χ4v) is 7.85. The van der Waals surface area contributed by atoms with Gasteiger partial charge in [0.15, 0.2) is 0 Å². The predicted molar refractivity (Wildman–Crippen MR) is 171 cm³/mol. The molecule has 2 N–H and O–H groups in total. The van der Waals surface area contributed by atoms with Gasteiger partial charge in [0.2, 0.25) is 5.91 Å². The molecule has 1 amide bonds. The lowest BCUT2D eigenvalue weighted by atomic mass is 9.80. The molecule has 1 aliphatic carbocycles. The number of hydrogen-bond donors (Lipinski definition) is 2. The van der Waals surface area contributed by atoms with Crippen LogP contribution in [0.1, 0.15) is 46.6 Å². The highest BCUT2D eigenvalue weighted by molar-refractivity contribution is 7.92. The van der Waals surface area contributed by atoms with Crippen LogP contribution in [0.2, 0.25) is 0 Å². The number of ether oxygens (including phenoxy) is 1. The summed E-state index contributed by atoms with van der Waals surface area (Å²) in [5, 5.41) is 4.89. The van der Waals surface area contributed by atoms with Crippen molar-refractivity contribution in [2.45, 2.75) is 29.8 Å². The summed E-state index contributed by atoms with van der Waals surface area (Å²) in [6.07, 6.45) is -4.54. The lowest BCUT2D eigenvalue weighted by Crippen LogP contribution is -2.19. The van der Waals surface area contributed by atoms with Crippen molar-refractivity contribution in [2.24, 2.45) is 0 Å². The van der Waals surface area contributed by atoms with Gasteiger partial charge >= 0.3 is 6.18 Å². The molecule has 0 saturated carbocycles. The van der Waals surface area contributed by atoms with Crippen molar-refractivity contribution in [2.75, 3.05) is 17.1 Å². The zero-order valence-corrected chi connectivity index (χ0v) is 25.5. The van der Waals surface area contributed by atoms with Gasteiger partial charge in [-0.2, -0.15) is 13.2 Å². The fourth-order valence-electron chi connectivity index (χ4n) is 6.75. The van der Waals surface area contributed by atoms with Gasteiger partial charge in [-0.25, -0.2) is 8.42 Å². The van der Waals surface area contributed by atoms with E-state index < -0.39 is 27.7 Å². The summed E-state index contributed by atoms with van der Waals surface area (Å²) >= 11 is 0. The maximum absolute atomic E-state index is 13.7. The minimum atomic E-state index is -4.54. The lowest BCUT2D eigenvalue weighted by Gasteiger charge is -2.21. The van der Waals surface area contributed by atoms with Crippen LogP contribution >= 0.6 is 0 Å². The molecular weight excluding hydrogens is 613 g/mol. The summed E-state index contributed by atoms with van der Waals surface area (Å²) in [6.45, 7) is 2.01. The summed E-state index contributed by atoms with van der Waals surface area (Å²) in [5.41, 5.74) is 5.07. The Morgan fingerprint density at radius 3 is 2.20 bits per heavy atom. The molecule has 5 aromatic rings. The summed E-state index contributed by atoms with van der Waals surface area (Å²) in [6, 6.07) is 28.0. The topological polar surface area (TPSA) is 84.5 Å². The van der Waals surface area contributed by atoms with Crippen LogP contribution in [0.3, 0.4) is 0 Å². The van der Waals surface area contributed by atoms with Crippen LogP contribution in [-0.4, -0.2) is 21.4 Å². The molecule has 0 spiro atoms. The molecular formula is C36H27F3N2O4S. The maximum Gasteiger partial charge on any atom is 0.416 e. The number of anilines is 2. The molecule has 0 bridgehead atoms. The zero-order chi connectivity index (χ0) is 32.4. The number of benzene rings is 5. The van der Waals surface area contributed by atoms with E-state index in [-0.39, 0.29) is 22.4 Å². The van der Waals surface area contributed by atoms with E-state index in [0.717, 1.165) is 68.6 Å². The Kier molecular flexibility index (Phi) is 6.93. The standard InChI is InChI=1S/C36H27F3N2O4S/c1-20-32(28-16-18-31(45-2)25-8-4-3-7-24(25)28)26-9-5-6-10-27(26)33(20)34-29-19-23(15-17-30(29)40-35(34)42)46(43,44)41-22-13-11-21(12-14-22)36(37,38)39/h3-19,33-34,41H,1-2H3,(H,40,42). The van der Waals surface area contributed by atoms with Gasteiger partial charge in [0.1, 0.15) is 5.75 Å². The Labute approximate surface area is 263 Å². The Morgan fingerprint density at radius 2 is 1.48 bits per heavy atom. The largest absolute Gasteiger partial charge is 0.496 e. The van der Waals surface area contributed by atoms with Crippen LogP contribution in [0.4, 0.5) is 24.5 Å². The molecule has 0 saturated heterocycles. The molecule has 2 unspecified atom stereocenters. The molecule has 5 aromatic carbocycles. The average Bonchev–Trinajstić information content (AvgIpc) is 3.51. The van der Waals surface area contributed by atoms with E-state index in [0.29, 0.717) is 11.3 Å². The maximum atomic E-state index is 13.7. The minimum Gasteiger partial charge on any atom is -0.496 e. The second-order valence-corrected chi connectivity index (χ2v) is 13.1. The smallest absolute Gasteiger partial charge is 0.416 e. The molecule has 232 valence electrons. The van der Waals surface area contributed by atoms with Gasteiger partial charge in [0.05, 0.1) is 23.5 Å². The molecule has 46 heavy (non-hydrogen) atoms. The number of carbonyl (C=O) groups is 1. The normalized spacial score (nSPS) is 17.5. The van der Waals surface area contributed by atoms with Gasteiger partial charge in [-0.05, 0) is 88.7 Å². The molecule has 0 radical (unpaired) electrons. The molecule has 7 rings (SSSR count). The van der Waals surface area contributed by atoms with Crippen molar-refractivity contribution >= 4 is 43.7 Å². The van der Waals surface area contributed by atoms with Gasteiger partial charge in [0, 0.05) is 22.7 Å². The molecule has 2 aliphatic rings. The van der Waals surface area contributed by atoms with Gasteiger partial charge in [-0.1, -0.05) is 60.2 Å². The Morgan fingerprint density at radius 1 is 0.783 bits per heavy atom. The van der Waals surface area contributed by atoms with Gasteiger partial charge in [-0.15, -0.1) is 0 Å². The van der Waals surface area contributed by atoms with Crippen molar-refractivity contribution in [3.8, 4) is 5.75 Å². The number of carbonyl (C=O) groups excluding carboxylic acids is 1. The summed E-state index contributed by atoms with van der Waals surface area (Å²) in [4.78, 5) is 13.6. The van der Waals surface area contributed by atoms with Crippen molar-refractivity contribution in [3.05, 3.63) is 137 Å². The third kappa shape index (κ3) is 4.80. The number of methoxy groups -OCH3 is 1. The first-order valence-corrected chi connectivity index (χ1v) is 16.0. The van der Waals surface area contributed by atoms with E-state index in [4.69, 9.17) is 4.74 Å². The van der Waals surface area contributed by atoms with Crippen LogP contribution in [0.15, 0.2) is 114 Å². The van der Waals surface area contributed by atoms with Crippen molar-refractivity contribution in [1.29, 1.82) is 0 Å². The molecule has 1 heterocycles. The average molecular weight is 641 g/mol. The molecule has 6 nitrogen and oxygen atoms in total. The number of allylic oxidation sites excluding steroid dienone is 1. The highest BCUT2D eigenvalue weighted by Crippen LogP contribution is 2.54. The third-order valence-electron chi connectivity index (χ3n) is 8.81. The second kappa shape index (κ2) is 10.8. The van der Waals surface area contributed by atoms with Gasteiger partial charge in [-0.3, -0.25) is 9.52 Å². The first kappa shape index (κ1) is 29.6. The van der Waals surface area contributed by atoms with Gasteiger partial charge in [0.25, 0.3) is 10.0 Å². The SMILES string of the molecule is COc1ccc(C2=C(C)C(C3C(=O)Nc4ccc(S(=O)(=O)Nc5ccc(C(F)(F)F)cc5)cc43)c3ccccc32)c2ccccc12. The lowest BCUT2D eigenvalue weighted by molar-refractivity contribution is -0.137. The quantitative estimate of drug-likeness (QED) is 0.196. The predicted octanol–water partition coefficient (Wildman–Crippen LogP) is 8.32. The number of nitrogens with one attached hydrogen (secondary N) is 2. The number of amides is 1. The molecule has 1 aliphatic heterocycles. The Bertz CT molecular complexity index is 2190. The van der Waals surface area contributed by atoms with Crippen LogP contribution in [0, 0.1) is 0 Å². The van der Waals surface area contributed by atoms with Gasteiger partial charge < -0.3 is 10.1 Å². The number of fused-ring (bicyclic) bond motifs is 3. The number of rotatable bonds is 6. The highest BCUT2D eigenvalue weighted by atomic mass is 32.2. The second-order valence-electron chi connectivity index (χ2n) is 11.4. The van der Waals surface area contributed by atoms with E-state index in [9.17, 15) is 26.4 Å². The van der Waals surface area contributed by atoms with Crippen molar-refractivity contribution in [1.82, 2.24) is 0 Å². The molecule has 0 aromatic heterocycles. The minimum absolute atomic E-state index is 0.0147. The zero-order valence-electron chi connectivity index (χ0n) is 24.6. The summed E-state index contributed by atoms with van der Waals surface area (Å²) in [7, 11) is -2.57. The van der Waals surface area contributed by atoms with Crippen LogP contribution in [0.25, 0.3) is 16.3 Å². The summed E-state index contributed by atoms with van der Waals surface area (Å²) < 4.78 is 73.8. The van der Waals surface area contributed by atoms with E-state index in [1.807, 2.05) is 67.6 Å². The van der Waals surface area contributed by atoms with Crippen LogP contribution < -0.4 is 14.8 Å². The van der Waals surface area contributed by atoms with E-state index in [1.165, 1.54) is 12.1 Å². The number of halogens is 3. The number of alkyl halides is 3. The van der Waals surface area contributed by atoms with Crippen molar-refractivity contribution < 1.29 is 31.1 Å². The van der Waals surface area contributed by atoms with E-state index in [1.54, 1.807) is 13.2 Å². The van der Waals surface area contributed by atoms with E-state index in [2.05, 4.69) is 10.0 Å². The molecule has 0 fully saturated rings. The number of hydrogen-bond acceptors (Lipinski definition) is 4. The summed E-state index contributed by atoms with van der Waals surface area (Å²) in [5.74, 6) is -0.600. The van der Waals surface area contributed by atoms with Crippen LogP contribution in [0.5, 0.6) is 5.75 Å². The third-order valence-corrected chi connectivity index (χ3v) is 10.2. The Balaban J connectivity index is 1.31.